The Morgan fingerprint density at radius 2 is 1.75 bits per heavy atom. The summed E-state index contributed by atoms with van der Waals surface area (Å²) in [6, 6.07) is 3.16. The van der Waals surface area contributed by atoms with Gasteiger partial charge in [-0.2, -0.15) is 0 Å². The van der Waals surface area contributed by atoms with Gasteiger partial charge in [-0.25, -0.2) is 0 Å². The molecule has 0 saturated carbocycles. The van der Waals surface area contributed by atoms with Crippen molar-refractivity contribution >= 4 is 17.3 Å². The molecule has 0 aromatic heterocycles. The third-order valence-electron chi connectivity index (χ3n) is 1.66. The molecular weight excluding hydrogens is 220 g/mol. The summed E-state index contributed by atoms with van der Waals surface area (Å²) < 4.78 is 0. The fourth-order valence-electron chi connectivity index (χ4n) is 1.07. The first-order valence-electron chi connectivity index (χ1n) is 3.66. The average Bonchev–Trinajstić information content (AvgIpc) is 2.16. The van der Waals surface area contributed by atoms with Crippen LogP contribution in [0.1, 0.15) is 10.4 Å². The summed E-state index contributed by atoms with van der Waals surface area (Å²) in [5.74, 6) is -1.08. The van der Waals surface area contributed by atoms with Gasteiger partial charge in [0.2, 0.25) is 0 Å². The van der Waals surface area contributed by atoms with Crippen LogP contribution in [0.15, 0.2) is 18.2 Å². The maximum Gasteiger partial charge on any atom is 0.358 e. The third-order valence-corrected chi connectivity index (χ3v) is 1.66. The molecule has 0 spiro atoms. The molecule has 0 aliphatic heterocycles. The summed E-state index contributed by atoms with van der Waals surface area (Å²) in [5.41, 5.74) is 2.74. The van der Waals surface area contributed by atoms with E-state index in [9.17, 15) is 25.0 Å². The smallest absolute Gasteiger partial charge is 0.358 e. The van der Waals surface area contributed by atoms with E-state index in [2.05, 4.69) is 0 Å². The van der Waals surface area contributed by atoms with E-state index in [0.717, 1.165) is 18.2 Å². The number of rotatable bonds is 3. The average molecular weight is 225 g/mol. The number of nitro groups is 2. The number of amides is 1. The summed E-state index contributed by atoms with van der Waals surface area (Å²) in [6.07, 6.45) is 0. The standard InChI is InChI=1S/C7H5N3O5.N/c8-7(11)4-2-1-3-5(9(12)13)6(4)10(14)15;/h1-3H,(H2,8,11);. The quantitative estimate of drug-likeness (QED) is 0.569. The minimum atomic E-state index is -1.08. The number of hydrogen-bond acceptors (Lipinski definition) is 5. The van der Waals surface area contributed by atoms with E-state index in [1.54, 1.807) is 0 Å². The molecule has 0 atom stereocenters. The van der Waals surface area contributed by atoms with Crippen LogP contribution >= 0.6 is 0 Å². The van der Waals surface area contributed by atoms with Gasteiger partial charge in [0.1, 0.15) is 5.56 Å². The molecule has 0 aliphatic carbocycles. The van der Waals surface area contributed by atoms with Crippen LogP contribution < -0.4 is 11.9 Å². The van der Waals surface area contributed by atoms with Crippen molar-refractivity contribution in [2.24, 2.45) is 5.73 Å². The van der Waals surface area contributed by atoms with E-state index in [-0.39, 0.29) is 6.15 Å². The second-order valence-electron chi connectivity index (χ2n) is 2.55. The minimum absolute atomic E-state index is 0. The van der Waals surface area contributed by atoms with Gasteiger partial charge in [0, 0.05) is 12.2 Å². The number of nitro benzene ring substituents is 2. The van der Waals surface area contributed by atoms with Gasteiger partial charge in [-0.15, -0.1) is 0 Å². The van der Waals surface area contributed by atoms with Crippen molar-refractivity contribution in [1.82, 2.24) is 6.15 Å². The Morgan fingerprint density at radius 3 is 2.12 bits per heavy atom. The Labute approximate surface area is 88.7 Å². The zero-order chi connectivity index (χ0) is 11.6. The molecule has 0 unspecified atom stereocenters. The summed E-state index contributed by atoms with van der Waals surface area (Å²) in [5, 5.41) is 21.0. The van der Waals surface area contributed by atoms with Gasteiger partial charge in [0.05, 0.1) is 9.85 Å². The highest BCUT2D eigenvalue weighted by Gasteiger charge is 2.30. The number of carbonyl (C=O) groups excluding carboxylic acids is 1. The van der Waals surface area contributed by atoms with E-state index in [0.29, 0.717) is 0 Å². The SMILES string of the molecule is NC(=O)c1cccc([N+](=O)[O-])c1[N+](=O)[O-].[N]. The molecule has 0 heterocycles. The van der Waals surface area contributed by atoms with Crippen molar-refractivity contribution in [3.05, 3.63) is 44.0 Å². The van der Waals surface area contributed by atoms with Crippen molar-refractivity contribution in [3.8, 4) is 0 Å². The molecule has 1 amide bonds. The van der Waals surface area contributed by atoms with Gasteiger partial charge in [0.25, 0.3) is 5.91 Å². The zero-order valence-electron chi connectivity index (χ0n) is 7.69. The van der Waals surface area contributed by atoms with Gasteiger partial charge >= 0.3 is 11.4 Å². The van der Waals surface area contributed by atoms with Gasteiger partial charge in [-0.05, 0) is 6.07 Å². The lowest BCUT2D eigenvalue weighted by Gasteiger charge is -1.98. The van der Waals surface area contributed by atoms with Crippen molar-refractivity contribution in [3.63, 3.8) is 0 Å². The first-order chi connectivity index (χ1) is 6.95. The third kappa shape index (κ3) is 2.27. The normalized spacial score (nSPS) is 9.00. The molecule has 9 nitrogen and oxygen atoms in total. The van der Waals surface area contributed by atoms with E-state index in [1.165, 1.54) is 0 Å². The molecule has 3 radical (unpaired) electrons. The fourth-order valence-corrected chi connectivity index (χ4v) is 1.07. The van der Waals surface area contributed by atoms with E-state index in [1.807, 2.05) is 0 Å². The molecule has 16 heavy (non-hydrogen) atoms. The van der Waals surface area contributed by atoms with Crippen molar-refractivity contribution < 1.29 is 14.6 Å². The minimum Gasteiger partial charge on any atom is -0.365 e. The Hall–Kier alpha value is -2.55. The fraction of sp³-hybridized carbons (Fsp3) is 0. The highest BCUT2D eigenvalue weighted by molar-refractivity contribution is 5.98. The topological polar surface area (TPSA) is 160 Å². The Balaban J connectivity index is 0.00000225. The molecule has 0 aliphatic rings. The number of nitrogens with two attached hydrogens (primary N) is 1. The molecule has 9 heteroatoms. The lowest BCUT2D eigenvalue weighted by Crippen LogP contribution is -2.14. The van der Waals surface area contributed by atoms with E-state index < -0.39 is 32.7 Å². The first kappa shape index (κ1) is 13.4. The number of para-hydroxylation sites is 1. The summed E-state index contributed by atoms with van der Waals surface area (Å²) in [6.45, 7) is 0. The van der Waals surface area contributed by atoms with Crippen molar-refractivity contribution in [2.45, 2.75) is 0 Å². The van der Waals surface area contributed by atoms with E-state index in [4.69, 9.17) is 5.73 Å². The van der Waals surface area contributed by atoms with Gasteiger partial charge in [-0.3, -0.25) is 25.0 Å². The maximum atomic E-state index is 10.8. The lowest BCUT2D eigenvalue weighted by molar-refractivity contribution is -0.422. The van der Waals surface area contributed by atoms with Gasteiger partial charge in [-0.1, -0.05) is 6.07 Å². The van der Waals surface area contributed by atoms with Crippen LogP contribution in [0.4, 0.5) is 11.4 Å². The van der Waals surface area contributed by atoms with Gasteiger partial charge in [0.15, 0.2) is 0 Å². The molecule has 0 bridgehead atoms. The van der Waals surface area contributed by atoms with E-state index >= 15 is 0 Å². The molecule has 0 fully saturated rings. The number of carbonyl (C=O) groups is 1. The largest absolute Gasteiger partial charge is 0.365 e. The number of benzene rings is 1. The summed E-state index contributed by atoms with van der Waals surface area (Å²) in [7, 11) is 0. The van der Waals surface area contributed by atoms with Crippen LogP contribution in [-0.4, -0.2) is 15.8 Å². The molecule has 83 valence electrons. The summed E-state index contributed by atoms with van der Waals surface area (Å²) >= 11 is 0. The lowest BCUT2D eigenvalue weighted by atomic mass is 10.1. The Bertz CT molecular complexity index is 426. The Morgan fingerprint density at radius 1 is 1.19 bits per heavy atom. The van der Waals surface area contributed by atoms with Crippen molar-refractivity contribution in [2.75, 3.05) is 0 Å². The molecule has 1 aromatic rings. The molecular formula is C7H5N4O5. The van der Waals surface area contributed by atoms with Crippen LogP contribution in [0.25, 0.3) is 0 Å². The zero-order valence-corrected chi connectivity index (χ0v) is 7.69. The van der Waals surface area contributed by atoms with Gasteiger partial charge < -0.3 is 5.73 Å². The second-order valence-corrected chi connectivity index (χ2v) is 2.55. The van der Waals surface area contributed by atoms with Crippen molar-refractivity contribution in [1.29, 1.82) is 0 Å². The number of primary amides is 1. The van der Waals surface area contributed by atoms with Crippen LogP contribution in [-0.2, 0) is 0 Å². The molecule has 2 N–H and O–H groups in total. The predicted octanol–water partition coefficient (Wildman–Crippen LogP) is 0.121. The van der Waals surface area contributed by atoms with Crippen LogP contribution in [0.3, 0.4) is 0 Å². The van der Waals surface area contributed by atoms with Crippen LogP contribution in [0, 0.1) is 20.2 Å². The summed E-state index contributed by atoms with van der Waals surface area (Å²) in [4.78, 5) is 29.8. The molecule has 1 aromatic carbocycles. The monoisotopic (exact) mass is 225 g/mol. The van der Waals surface area contributed by atoms with Crippen LogP contribution in [0.5, 0.6) is 0 Å². The number of nitrogens with zero attached hydrogens (tertiary/aromatic N) is 3. The molecule has 0 saturated heterocycles. The highest BCUT2D eigenvalue weighted by Crippen LogP contribution is 2.29. The highest BCUT2D eigenvalue weighted by atomic mass is 16.6. The maximum absolute atomic E-state index is 10.8. The predicted molar refractivity (Wildman–Crippen MR) is 50.4 cm³/mol. The Kier molecular flexibility index (Phi) is 4.03. The number of hydrogen-bond donors (Lipinski definition) is 1. The molecule has 1 rings (SSSR count). The second kappa shape index (κ2) is 4.79. The van der Waals surface area contributed by atoms with Crippen LogP contribution in [0.2, 0.25) is 0 Å². The first-order valence-corrected chi connectivity index (χ1v) is 3.66.